The van der Waals surface area contributed by atoms with Crippen molar-refractivity contribution in [2.45, 2.75) is 19.4 Å². The van der Waals surface area contributed by atoms with E-state index in [1.54, 1.807) is 13.8 Å². The summed E-state index contributed by atoms with van der Waals surface area (Å²) in [5, 5.41) is 2.80. The van der Waals surface area contributed by atoms with E-state index in [1.807, 2.05) is 0 Å². The zero-order chi connectivity index (χ0) is 12.3. The van der Waals surface area contributed by atoms with Crippen LogP contribution in [0.25, 0.3) is 0 Å². The summed E-state index contributed by atoms with van der Waals surface area (Å²) in [6.07, 6.45) is 0. The summed E-state index contributed by atoms with van der Waals surface area (Å²) < 4.78 is 31.2. The second-order valence-electron chi connectivity index (χ2n) is 4.13. The molecule has 16 heavy (non-hydrogen) atoms. The molecule has 0 aliphatic heterocycles. The van der Waals surface area contributed by atoms with Gasteiger partial charge in [-0.05, 0) is 13.8 Å². The fraction of sp³-hybridized carbons (Fsp3) is 0.500. The highest BCUT2D eigenvalue weighted by Crippen LogP contribution is 2.20. The number of rotatable bonds is 4. The van der Waals surface area contributed by atoms with Crippen molar-refractivity contribution in [2.24, 2.45) is 0 Å². The van der Waals surface area contributed by atoms with Crippen LogP contribution in [-0.2, 0) is 4.74 Å². The number of anilines is 2. The van der Waals surface area contributed by atoms with Gasteiger partial charge in [0.25, 0.3) is 0 Å². The first-order chi connectivity index (χ1) is 7.35. The Morgan fingerprint density at radius 3 is 2.62 bits per heavy atom. The zero-order valence-corrected chi connectivity index (χ0v) is 9.47. The zero-order valence-electron chi connectivity index (χ0n) is 9.47. The molecule has 1 rings (SSSR count). The van der Waals surface area contributed by atoms with Crippen LogP contribution in [0.15, 0.2) is 6.07 Å². The highest BCUT2D eigenvalue weighted by Gasteiger charge is 2.20. The number of hydrogen-bond donors (Lipinski definition) is 2. The van der Waals surface area contributed by atoms with Gasteiger partial charge in [-0.1, -0.05) is 0 Å². The molecule has 1 aromatic rings. The molecule has 0 aliphatic rings. The highest BCUT2D eigenvalue weighted by atomic mass is 19.1. The van der Waals surface area contributed by atoms with Gasteiger partial charge in [-0.2, -0.15) is 0 Å². The van der Waals surface area contributed by atoms with Gasteiger partial charge in [-0.3, -0.25) is 0 Å². The van der Waals surface area contributed by atoms with Gasteiger partial charge in [0.05, 0.1) is 12.1 Å². The van der Waals surface area contributed by atoms with Gasteiger partial charge in [0, 0.05) is 13.2 Å². The van der Waals surface area contributed by atoms with E-state index in [4.69, 9.17) is 10.5 Å². The van der Waals surface area contributed by atoms with Gasteiger partial charge in [0.2, 0.25) is 0 Å². The topological polar surface area (TPSA) is 60.2 Å². The van der Waals surface area contributed by atoms with Crippen molar-refractivity contribution in [3.05, 3.63) is 17.7 Å². The van der Waals surface area contributed by atoms with Crippen LogP contribution in [0, 0.1) is 11.6 Å². The van der Waals surface area contributed by atoms with E-state index in [1.165, 1.54) is 7.11 Å². The van der Waals surface area contributed by atoms with Gasteiger partial charge >= 0.3 is 0 Å². The van der Waals surface area contributed by atoms with E-state index in [2.05, 4.69) is 10.3 Å². The molecule has 0 atom stereocenters. The maximum atomic E-state index is 13.3. The first-order valence-electron chi connectivity index (χ1n) is 4.74. The minimum atomic E-state index is -0.868. The minimum absolute atomic E-state index is 0.0825. The lowest BCUT2D eigenvalue weighted by molar-refractivity contribution is 0.158. The number of nitrogens with one attached hydrogen (secondary N) is 1. The van der Waals surface area contributed by atoms with E-state index in [9.17, 15) is 8.78 Å². The Morgan fingerprint density at radius 1 is 1.44 bits per heavy atom. The molecule has 1 heterocycles. The summed E-state index contributed by atoms with van der Waals surface area (Å²) >= 11 is 0. The molecule has 90 valence electrons. The third kappa shape index (κ3) is 3.03. The maximum absolute atomic E-state index is 13.3. The minimum Gasteiger partial charge on any atom is -0.382 e. The van der Waals surface area contributed by atoms with Crippen LogP contribution in [0.5, 0.6) is 0 Å². The molecule has 6 heteroatoms. The van der Waals surface area contributed by atoms with Crippen molar-refractivity contribution in [3.63, 3.8) is 0 Å². The lowest BCUT2D eigenvalue weighted by atomic mass is 10.1. The molecule has 0 aliphatic carbocycles. The van der Waals surface area contributed by atoms with Gasteiger partial charge in [0.1, 0.15) is 0 Å². The van der Waals surface area contributed by atoms with Gasteiger partial charge in [-0.25, -0.2) is 13.8 Å². The molecule has 0 spiro atoms. The largest absolute Gasteiger partial charge is 0.382 e. The van der Waals surface area contributed by atoms with Crippen molar-refractivity contribution < 1.29 is 13.5 Å². The molecule has 0 bridgehead atoms. The standard InChI is InChI=1S/C10H15F2N3O/c1-10(2,5-16-3)15-9-7(12)4-6(11)8(13)14-9/h4H,5H2,1-3H3,(H3,13,14,15). The number of nitrogens with two attached hydrogens (primary N) is 1. The fourth-order valence-electron chi connectivity index (χ4n) is 1.29. The molecule has 0 aromatic carbocycles. The molecule has 0 fully saturated rings. The van der Waals surface area contributed by atoms with Crippen LogP contribution in [0.1, 0.15) is 13.8 Å². The molecule has 0 saturated heterocycles. The summed E-state index contributed by atoms with van der Waals surface area (Å²) in [6, 6.07) is 0.702. The van der Waals surface area contributed by atoms with E-state index in [-0.39, 0.29) is 11.6 Å². The average Bonchev–Trinajstić information content (AvgIpc) is 2.13. The first-order valence-corrected chi connectivity index (χ1v) is 4.74. The SMILES string of the molecule is COCC(C)(C)Nc1nc(N)c(F)cc1F. The van der Waals surface area contributed by atoms with Crippen LogP contribution >= 0.6 is 0 Å². The fourth-order valence-corrected chi connectivity index (χ4v) is 1.29. The maximum Gasteiger partial charge on any atom is 0.168 e. The summed E-state index contributed by atoms with van der Waals surface area (Å²) in [7, 11) is 1.53. The average molecular weight is 231 g/mol. The molecule has 0 amide bonds. The third-order valence-electron chi connectivity index (χ3n) is 1.92. The highest BCUT2D eigenvalue weighted by molar-refractivity contribution is 5.46. The molecule has 1 aromatic heterocycles. The molecule has 0 radical (unpaired) electrons. The third-order valence-corrected chi connectivity index (χ3v) is 1.92. The molecule has 4 nitrogen and oxygen atoms in total. The number of ether oxygens (including phenoxy) is 1. The second-order valence-corrected chi connectivity index (χ2v) is 4.13. The van der Waals surface area contributed by atoms with E-state index >= 15 is 0 Å². The van der Waals surface area contributed by atoms with Crippen LogP contribution in [0.4, 0.5) is 20.4 Å². The summed E-state index contributed by atoms with van der Waals surface area (Å²) in [5.41, 5.74) is 4.74. The number of halogens is 2. The van der Waals surface area contributed by atoms with Gasteiger partial charge in [0.15, 0.2) is 23.3 Å². The van der Waals surface area contributed by atoms with E-state index in [0.717, 1.165) is 0 Å². The summed E-state index contributed by atoms with van der Waals surface area (Å²) in [5.74, 6) is -2.07. The molecular formula is C10H15F2N3O. The van der Waals surface area contributed by atoms with Crippen molar-refractivity contribution in [1.29, 1.82) is 0 Å². The van der Waals surface area contributed by atoms with Gasteiger partial charge in [-0.15, -0.1) is 0 Å². The number of nitrogen functional groups attached to an aromatic ring is 1. The Hall–Kier alpha value is -1.43. The molecule has 0 unspecified atom stereocenters. The smallest absolute Gasteiger partial charge is 0.168 e. The van der Waals surface area contributed by atoms with Crippen LogP contribution in [0.2, 0.25) is 0 Å². The Labute approximate surface area is 92.8 Å². The van der Waals surface area contributed by atoms with Crippen LogP contribution in [-0.4, -0.2) is 24.2 Å². The number of nitrogens with zero attached hydrogens (tertiary/aromatic N) is 1. The second kappa shape index (κ2) is 4.61. The van der Waals surface area contributed by atoms with Crippen molar-refractivity contribution in [3.8, 4) is 0 Å². The predicted molar refractivity (Wildman–Crippen MR) is 58.1 cm³/mol. The quantitative estimate of drug-likeness (QED) is 0.829. The van der Waals surface area contributed by atoms with Crippen molar-refractivity contribution in [1.82, 2.24) is 4.98 Å². The molecule has 0 saturated carbocycles. The summed E-state index contributed by atoms with van der Waals surface area (Å²) in [4.78, 5) is 3.60. The van der Waals surface area contributed by atoms with Crippen molar-refractivity contribution >= 4 is 11.6 Å². The first kappa shape index (κ1) is 12.6. The Bertz CT molecular complexity index is 383. The van der Waals surface area contributed by atoms with Crippen LogP contribution in [0.3, 0.4) is 0 Å². The Morgan fingerprint density at radius 2 is 2.06 bits per heavy atom. The predicted octanol–water partition coefficient (Wildman–Crippen LogP) is 1.78. The number of hydrogen-bond acceptors (Lipinski definition) is 4. The molecular weight excluding hydrogens is 216 g/mol. The summed E-state index contributed by atoms with van der Waals surface area (Å²) in [6.45, 7) is 3.96. The monoisotopic (exact) mass is 231 g/mol. The Kier molecular flexibility index (Phi) is 3.64. The van der Waals surface area contributed by atoms with Crippen LogP contribution < -0.4 is 11.1 Å². The van der Waals surface area contributed by atoms with Gasteiger partial charge < -0.3 is 15.8 Å². The molecule has 3 N–H and O–H groups in total. The number of pyridine rings is 1. The lowest BCUT2D eigenvalue weighted by Crippen LogP contribution is -2.36. The van der Waals surface area contributed by atoms with E-state index < -0.39 is 17.2 Å². The lowest BCUT2D eigenvalue weighted by Gasteiger charge is -2.26. The number of aromatic nitrogens is 1. The van der Waals surface area contributed by atoms with E-state index in [0.29, 0.717) is 12.7 Å². The number of methoxy groups -OCH3 is 1. The normalized spacial score (nSPS) is 11.6. The Balaban J connectivity index is 2.93. The van der Waals surface area contributed by atoms with Crippen molar-refractivity contribution in [2.75, 3.05) is 24.8 Å².